The van der Waals surface area contributed by atoms with Gasteiger partial charge < -0.3 is 16.4 Å². The zero-order chi connectivity index (χ0) is 16.1. The number of hydrogen-bond donors (Lipinski definition) is 3. The van der Waals surface area contributed by atoms with Crippen LogP contribution < -0.4 is 16.4 Å². The smallest absolute Gasteiger partial charge is 0.312 e. The first-order valence-corrected chi connectivity index (χ1v) is 8.92. The van der Waals surface area contributed by atoms with Crippen LogP contribution in [0.2, 0.25) is 5.02 Å². The van der Waals surface area contributed by atoms with Crippen LogP contribution >= 0.6 is 23.4 Å². The molecule has 1 aliphatic rings. The molecule has 0 unspecified atom stereocenters. The SMILES string of the molecule is CSCC[C@@H](NC(N)=O)C(=O)N[C@@H]1CCc2cc(Cl)ccc21. The number of carbonyl (C=O) groups is 2. The van der Waals surface area contributed by atoms with Gasteiger partial charge in [-0.05, 0) is 54.5 Å². The van der Waals surface area contributed by atoms with Crippen LogP contribution in [0.1, 0.15) is 30.0 Å². The number of nitrogens with one attached hydrogen (secondary N) is 2. The van der Waals surface area contributed by atoms with E-state index in [0.717, 1.165) is 24.2 Å². The Morgan fingerprint density at radius 3 is 2.95 bits per heavy atom. The van der Waals surface area contributed by atoms with Crippen LogP contribution in [-0.2, 0) is 11.2 Å². The van der Waals surface area contributed by atoms with E-state index in [-0.39, 0.29) is 11.9 Å². The Balaban J connectivity index is 2.03. The normalized spacial score (nSPS) is 17.6. The molecule has 0 heterocycles. The van der Waals surface area contributed by atoms with Crippen molar-refractivity contribution >= 4 is 35.3 Å². The summed E-state index contributed by atoms with van der Waals surface area (Å²) >= 11 is 7.61. The molecule has 1 aliphatic carbocycles. The number of benzene rings is 1. The highest BCUT2D eigenvalue weighted by Crippen LogP contribution is 2.32. The molecule has 0 aliphatic heterocycles. The second-order valence-corrected chi connectivity index (χ2v) is 6.71. The molecule has 0 saturated heterocycles. The number of aryl methyl sites for hydroxylation is 1. The van der Waals surface area contributed by atoms with Crippen LogP contribution in [0.5, 0.6) is 0 Å². The van der Waals surface area contributed by atoms with Gasteiger partial charge in [-0.3, -0.25) is 4.79 Å². The van der Waals surface area contributed by atoms with Gasteiger partial charge in [-0.25, -0.2) is 4.79 Å². The van der Waals surface area contributed by atoms with Crippen molar-refractivity contribution in [1.82, 2.24) is 10.6 Å². The minimum Gasteiger partial charge on any atom is -0.352 e. The van der Waals surface area contributed by atoms with Crippen LogP contribution in [0.4, 0.5) is 4.79 Å². The lowest BCUT2D eigenvalue weighted by Crippen LogP contribution is -2.49. The molecule has 7 heteroatoms. The molecule has 0 aromatic heterocycles. The Morgan fingerprint density at radius 2 is 2.27 bits per heavy atom. The fraction of sp³-hybridized carbons (Fsp3) is 0.467. The second-order valence-electron chi connectivity index (χ2n) is 5.29. The Bertz CT molecular complexity index is 568. The monoisotopic (exact) mass is 341 g/mol. The Labute approximate surface area is 139 Å². The van der Waals surface area contributed by atoms with Crippen molar-refractivity contribution in [2.75, 3.05) is 12.0 Å². The largest absolute Gasteiger partial charge is 0.352 e. The van der Waals surface area contributed by atoms with Gasteiger partial charge in [-0.1, -0.05) is 17.7 Å². The average molecular weight is 342 g/mol. The summed E-state index contributed by atoms with van der Waals surface area (Å²) in [5.41, 5.74) is 7.42. The van der Waals surface area contributed by atoms with Gasteiger partial charge in [0.15, 0.2) is 0 Å². The molecular formula is C15H20ClN3O2S. The molecule has 0 bridgehead atoms. The lowest BCUT2D eigenvalue weighted by atomic mass is 10.1. The minimum atomic E-state index is -0.681. The van der Waals surface area contributed by atoms with Gasteiger partial charge in [0.25, 0.3) is 0 Å². The third-order valence-corrected chi connectivity index (χ3v) is 4.62. The zero-order valence-electron chi connectivity index (χ0n) is 12.4. The summed E-state index contributed by atoms with van der Waals surface area (Å²) in [4.78, 5) is 23.5. The third kappa shape index (κ3) is 4.30. The fourth-order valence-electron chi connectivity index (χ4n) is 2.68. The minimum absolute atomic E-state index is 0.0359. The van der Waals surface area contributed by atoms with Gasteiger partial charge in [-0.2, -0.15) is 11.8 Å². The van der Waals surface area contributed by atoms with Crippen molar-refractivity contribution in [2.45, 2.75) is 31.3 Å². The number of primary amides is 1. The van der Waals surface area contributed by atoms with Crippen LogP contribution in [0.3, 0.4) is 0 Å². The molecule has 0 spiro atoms. The predicted molar refractivity (Wildman–Crippen MR) is 90.2 cm³/mol. The van der Waals surface area contributed by atoms with E-state index in [9.17, 15) is 9.59 Å². The lowest BCUT2D eigenvalue weighted by Gasteiger charge is -2.20. The standard InChI is InChI=1S/C15H20ClN3O2S/c1-22-7-6-13(19-15(17)21)14(20)18-12-5-2-9-8-10(16)3-4-11(9)12/h3-4,8,12-13H,2,5-7H2,1H3,(H,18,20)(H3,17,19,21)/t12-,13-/m1/s1. The van der Waals surface area contributed by atoms with Crippen LogP contribution in [0.25, 0.3) is 0 Å². The second kappa shape index (κ2) is 7.74. The molecule has 0 saturated carbocycles. The molecule has 2 rings (SSSR count). The molecule has 4 N–H and O–H groups in total. The number of fused-ring (bicyclic) bond motifs is 1. The quantitative estimate of drug-likeness (QED) is 0.741. The molecular weight excluding hydrogens is 322 g/mol. The maximum Gasteiger partial charge on any atom is 0.312 e. The number of hydrogen-bond acceptors (Lipinski definition) is 3. The number of urea groups is 1. The van der Waals surface area contributed by atoms with Crippen molar-refractivity contribution in [3.63, 3.8) is 0 Å². The molecule has 1 aromatic rings. The van der Waals surface area contributed by atoms with Gasteiger partial charge in [0.1, 0.15) is 6.04 Å². The number of nitrogens with two attached hydrogens (primary N) is 1. The molecule has 1 aromatic carbocycles. The summed E-state index contributed by atoms with van der Waals surface area (Å²) in [5.74, 6) is 0.579. The van der Waals surface area contributed by atoms with E-state index < -0.39 is 12.1 Å². The maximum absolute atomic E-state index is 12.4. The van der Waals surface area contributed by atoms with Gasteiger partial charge >= 0.3 is 6.03 Å². The predicted octanol–water partition coefficient (Wildman–Crippen LogP) is 2.23. The van der Waals surface area contributed by atoms with E-state index in [1.165, 1.54) is 5.56 Å². The van der Waals surface area contributed by atoms with Crippen molar-refractivity contribution in [1.29, 1.82) is 0 Å². The van der Waals surface area contributed by atoms with Crippen molar-refractivity contribution in [3.05, 3.63) is 34.3 Å². The molecule has 0 fully saturated rings. The Morgan fingerprint density at radius 1 is 1.50 bits per heavy atom. The third-order valence-electron chi connectivity index (χ3n) is 3.74. The average Bonchev–Trinajstić information content (AvgIpc) is 2.85. The molecule has 5 nitrogen and oxygen atoms in total. The molecule has 0 radical (unpaired) electrons. The first kappa shape index (κ1) is 17.0. The summed E-state index contributed by atoms with van der Waals surface area (Å²) < 4.78 is 0. The van der Waals surface area contributed by atoms with Gasteiger partial charge in [0, 0.05) is 5.02 Å². The van der Waals surface area contributed by atoms with E-state index in [4.69, 9.17) is 17.3 Å². The Hall–Kier alpha value is -1.40. The van der Waals surface area contributed by atoms with Crippen LogP contribution in [0, 0.1) is 0 Å². The van der Waals surface area contributed by atoms with E-state index in [1.807, 2.05) is 24.5 Å². The van der Waals surface area contributed by atoms with Crippen molar-refractivity contribution < 1.29 is 9.59 Å². The summed E-state index contributed by atoms with van der Waals surface area (Å²) in [6.45, 7) is 0. The number of carbonyl (C=O) groups excluding carboxylic acids is 2. The summed E-state index contributed by atoms with van der Waals surface area (Å²) in [7, 11) is 0. The summed E-state index contributed by atoms with van der Waals surface area (Å²) in [5, 5.41) is 6.23. The van der Waals surface area contributed by atoms with Crippen molar-refractivity contribution in [2.24, 2.45) is 5.73 Å². The van der Waals surface area contributed by atoms with Crippen LogP contribution in [0.15, 0.2) is 18.2 Å². The number of amides is 3. The van der Waals surface area contributed by atoms with Gasteiger partial charge in [0.05, 0.1) is 6.04 Å². The lowest BCUT2D eigenvalue weighted by molar-refractivity contribution is -0.123. The molecule has 120 valence electrons. The zero-order valence-corrected chi connectivity index (χ0v) is 14.0. The highest BCUT2D eigenvalue weighted by atomic mass is 35.5. The summed E-state index contributed by atoms with van der Waals surface area (Å²) in [6.07, 6.45) is 4.24. The molecule has 2 atom stereocenters. The van der Waals surface area contributed by atoms with Crippen molar-refractivity contribution in [3.8, 4) is 0 Å². The Kier molecular flexibility index (Phi) is 5.97. The molecule has 22 heavy (non-hydrogen) atoms. The maximum atomic E-state index is 12.4. The number of rotatable bonds is 6. The number of halogens is 1. The van der Waals surface area contributed by atoms with Gasteiger partial charge in [-0.15, -0.1) is 0 Å². The molecule has 3 amide bonds. The van der Waals surface area contributed by atoms with Crippen LogP contribution in [-0.4, -0.2) is 30.0 Å². The van der Waals surface area contributed by atoms with E-state index >= 15 is 0 Å². The van der Waals surface area contributed by atoms with Gasteiger partial charge in [0.2, 0.25) is 5.91 Å². The highest BCUT2D eigenvalue weighted by molar-refractivity contribution is 7.98. The number of thioether (sulfide) groups is 1. The van der Waals surface area contributed by atoms with E-state index in [1.54, 1.807) is 11.8 Å². The highest BCUT2D eigenvalue weighted by Gasteiger charge is 2.27. The van der Waals surface area contributed by atoms with E-state index in [2.05, 4.69) is 10.6 Å². The summed E-state index contributed by atoms with van der Waals surface area (Å²) in [6, 6.07) is 4.41. The topological polar surface area (TPSA) is 84.2 Å². The van der Waals surface area contributed by atoms with E-state index in [0.29, 0.717) is 11.4 Å². The first-order valence-electron chi connectivity index (χ1n) is 7.15. The first-order chi connectivity index (χ1) is 10.5. The fourth-order valence-corrected chi connectivity index (χ4v) is 3.35.